The van der Waals surface area contributed by atoms with Crippen LogP contribution in [0.5, 0.6) is 5.75 Å². The third kappa shape index (κ3) is 3.72. The van der Waals surface area contributed by atoms with Crippen molar-refractivity contribution in [3.8, 4) is 5.75 Å². The number of aryl methyl sites for hydroxylation is 2. The zero-order valence-electron chi connectivity index (χ0n) is 15.0. The Morgan fingerprint density at radius 2 is 1.96 bits per heavy atom. The second-order valence-corrected chi connectivity index (χ2v) is 8.54. The Labute approximate surface area is 149 Å². The molecule has 1 fully saturated rings. The second kappa shape index (κ2) is 7.17. The zero-order chi connectivity index (χ0) is 18.0. The van der Waals surface area contributed by atoms with Crippen LogP contribution < -0.4 is 4.74 Å². The number of methoxy groups -OCH3 is 1. The van der Waals surface area contributed by atoms with E-state index in [-0.39, 0.29) is 0 Å². The minimum Gasteiger partial charge on any atom is -0.496 e. The summed E-state index contributed by atoms with van der Waals surface area (Å²) >= 11 is 0. The van der Waals surface area contributed by atoms with E-state index in [0.717, 1.165) is 30.8 Å². The van der Waals surface area contributed by atoms with Crippen LogP contribution in [0.3, 0.4) is 0 Å². The summed E-state index contributed by atoms with van der Waals surface area (Å²) in [7, 11) is -1.86. The maximum Gasteiger partial charge on any atom is 0.243 e. The predicted molar refractivity (Wildman–Crippen MR) is 96.2 cm³/mol. The Morgan fingerprint density at radius 1 is 1.24 bits per heavy atom. The van der Waals surface area contributed by atoms with Crippen LogP contribution in [0.15, 0.2) is 35.5 Å². The summed E-state index contributed by atoms with van der Waals surface area (Å²) in [5.41, 5.74) is 0.828. The third-order valence-corrected chi connectivity index (χ3v) is 6.85. The molecule has 6 nitrogen and oxygen atoms in total. The molecule has 1 aromatic carbocycles. The number of sulfonamides is 1. The fourth-order valence-corrected chi connectivity index (χ4v) is 4.92. The smallest absolute Gasteiger partial charge is 0.243 e. The van der Waals surface area contributed by atoms with E-state index < -0.39 is 10.0 Å². The van der Waals surface area contributed by atoms with E-state index in [4.69, 9.17) is 4.74 Å². The lowest BCUT2D eigenvalue weighted by atomic mass is 9.98. The van der Waals surface area contributed by atoms with Crippen molar-refractivity contribution in [2.75, 3.05) is 20.2 Å². The predicted octanol–water partition coefficient (Wildman–Crippen LogP) is 2.61. The number of imidazole rings is 1. The molecule has 0 bridgehead atoms. The molecule has 25 heavy (non-hydrogen) atoms. The van der Waals surface area contributed by atoms with Gasteiger partial charge in [0.1, 0.15) is 11.6 Å². The van der Waals surface area contributed by atoms with Gasteiger partial charge in [0.2, 0.25) is 10.0 Å². The fraction of sp³-hybridized carbons (Fsp3) is 0.500. The van der Waals surface area contributed by atoms with Crippen LogP contribution in [0.25, 0.3) is 0 Å². The number of piperidine rings is 1. The summed E-state index contributed by atoms with van der Waals surface area (Å²) in [5.74, 6) is 2.19. The van der Waals surface area contributed by atoms with Gasteiger partial charge in [-0.25, -0.2) is 13.4 Å². The van der Waals surface area contributed by atoms with Crippen LogP contribution in [-0.2, 0) is 16.6 Å². The summed E-state index contributed by atoms with van der Waals surface area (Å²) in [6.45, 7) is 5.88. The number of hydrogen-bond acceptors (Lipinski definition) is 4. The van der Waals surface area contributed by atoms with Crippen LogP contribution in [0.4, 0.5) is 0 Å². The van der Waals surface area contributed by atoms with Crippen molar-refractivity contribution in [1.82, 2.24) is 13.9 Å². The molecule has 0 spiro atoms. The van der Waals surface area contributed by atoms with Crippen molar-refractivity contribution in [2.24, 2.45) is 5.92 Å². The van der Waals surface area contributed by atoms with Gasteiger partial charge in [0.25, 0.3) is 0 Å². The first-order valence-electron chi connectivity index (χ1n) is 8.54. The maximum atomic E-state index is 12.9. The summed E-state index contributed by atoms with van der Waals surface area (Å²) in [6.07, 6.45) is 5.53. The van der Waals surface area contributed by atoms with Crippen molar-refractivity contribution in [3.63, 3.8) is 0 Å². The Balaban J connectivity index is 1.67. The van der Waals surface area contributed by atoms with Gasteiger partial charge in [-0.05, 0) is 56.4 Å². The standard InChI is InChI=1S/C18H25N3O3S/c1-14-12-17(4-5-18(14)24-3)25(22,23)21-9-6-16(7-10-21)13-20-11-8-19-15(20)2/h4-5,8,11-12,16H,6-7,9-10,13H2,1-3H3. The minimum absolute atomic E-state index is 0.342. The van der Waals surface area contributed by atoms with E-state index in [1.54, 1.807) is 35.8 Å². The van der Waals surface area contributed by atoms with Crippen LogP contribution in [0.2, 0.25) is 0 Å². The Hall–Kier alpha value is -1.86. The van der Waals surface area contributed by atoms with E-state index >= 15 is 0 Å². The number of nitrogens with zero attached hydrogens (tertiary/aromatic N) is 3. The highest BCUT2D eigenvalue weighted by Crippen LogP contribution is 2.27. The van der Waals surface area contributed by atoms with Gasteiger partial charge in [0.05, 0.1) is 12.0 Å². The highest BCUT2D eigenvalue weighted by Gasteiger charge is 2.29. The molecule has 0 atom stereocenters. The van der Waals surface area contributed by atoms with Crippen molar-refractivity contribution in [2.45, 2.75) is 38.1 Å². The summed E-state index contributed by atoms with van der Waals surface area (Å²) in [5, 5.41) is 0. The molecule has 2 heterocycles. The third-order valence-electron chi connectivity index (χ3n) is 4.96. The molecule has 7 heteroatoms. The summed E-state index contributed by atoms with van der Waals surface area (Å²) < 4.78 is 34.7. The van der Waals surface area contributed by atoms with E-state index in [0.29, 0.717) is 29.7 Å². The molecule has 1 aliphatic rings. The van der Waals surface area contributed by atoms with E-state index in [2.05, 4.69) is 9.55 Å². The topological polar surface area (TPSA) is 64.4 Å². The largest absolute Gasteiger partial charge is 0.496 e. The monoisotopic (exact) mass is 363 g/mol. The summed E-state index contributed by atoms with van der Waals surface area (Å²) in [6, 6.07) is 5.04. The number of benzene rings is 1. The molecule has 0 unspecified atom stereocenters. The number of rotatable bonds is 5. The van der Waals surface area contributed by atoms with E-state index in [1.807, 2.05) is 20.0 Å². The first-order chi connectivity index (χ1) is 11.9. The van der Waals surface area contributed by atoms with Crippen molar-refractivity contribution >= 4 is 10.0 Å². The van der Waals surface area contributed by atoms with E-state index in [1.165, 1.54) is 0 Å². The van der Waals surface area contributed by atoms with Gasteiger partial charge in [-0.1, -0.05) is 0 Å². The van der Waals surface area contributed by atoms with Crippen LogP contribution in [0, 0.1) is 19.8 Å². The van der Waals surface area contributed by atoms with Crippen molar-refractivity contribution in [3.05, 3.63) is 42.0 Å². The Kier molecular flexibility index (Phi) is 5.15. The minimum atomic E-state index is -3.44. The molecule has 0 amide bonds. The lowest BCUT2D eigenvalue weighted by Crippen LogP contribution is -2.39. The molecule has 1 aromatic heterocycles. The van der Waals surface area contributed by atoms with Crippen LogP contribution in [0.1, 0.15) is 24.2 Å². The highest BCUT2D eigenvalue weighted by molar-refractivity contribution is 7.89. The molecule has 0 N–H and O–H groups in total. The zero-order valence-corrected chi connectivity index (χ0v) is 15.8. The quantitative estimate of drug-likeness (QED) is 0.819. The Bertz CT molecular complexity index is 837. The van der Waals surface area contributed by atoms with Crippen molar-refractivity contribution in [1.29, 1.82) is 0 Å². The molecule has 2 aromatic rings. The molecule has 1 aliphatic heterocycles. The molecule has 0 radical (unpaired) electrons. The van der Waals surface area contributed by atoms with Gasteiger partial charge in [-0.15, -0.1) is 0 Å². The van der Waals surface area contributed by atoms with Gasteiger partial charge in [0, 0.05) is 32.0 Å². The summed E-state index contributed by atoms with van der Waals surface area (Å²) in [4.78, 5) is 4.59. The second-order valence-electron chi connectivity index (χ2n) is 6.61. The average molecular weight is 363 g/mol. The molecule has 0 aliphatic carbocycles. The van der Waals surface area contributed by atoms with Crippen molar-refractivity contribution < 1.29 is 13.2 Å². The normalized spacial score (nSPS) is 16.9. The lowest BCUT2D eigenvalue weighted by molar-refractivity contribution is 0.252. The first kappa shape index (κ1) is 17.9. The molecule has 1 saturated heterocycles. The van der Waals surface area contributed by atoms with Gasteiger partial charge < -0.3 is 9.30 Å². The number of ether oxygens (including phenoxy) is 1. The van der Waals surface area contributed by atoms with Gasteiger partial charge in [-0.2, -0.15) is 4.31 Å². The molecule has 0 saturated carbocycles. The molecular formula is C18H25N3O3S. The number of hydrogen-bond donors (Lipinski definition) is 0. The molecular weight excluding hydrogens is 338 g/mol. The van der Waals surface area contributed by atoms with Gasteiger partial charge in [-0.3, -0.25) is 0 Å². The van der Waals surface area contributed by atoms with Gasteiger partial charge in [0.15, 0.2) is 0 Å². The molecule has 136 valence electrons. The average Bonchev–Trinajstić information content (AvgIpc) is 3.00. The fourth-order valence-electron chi connectivity index (χ4n) is 3.37. The first-order valence-corrected chi connectivity index (χ1v) is 9.98. The van der Waals surface area contributed by atoms with Crippen LogP contribution in [-0.4, -0.2) is 42.5 Å². The SMILES string of the molecule is COc1ccc(S(=O)(=O)N2CCC(Cn3ccnc3C)CC2)cc1C. The maximum absolute atomic E-state index is 12.9. The van der Waals surface area contributed by atoms with Crippen LogP contribution >= 0.6 is 0 Å². The molecule has 3 rings (SSSR count). The Morgan fingerprint density at radius 3 is 2.52 bits per heavy atom. The van der Waals surface area contributed by atoms with Gasteiger partial charge >= 0.3 is 0 Å². The van der Waals surface area contributed by atoms with E-state index in [9.17, 15) is 8.42 Å². The lowest BCUT2D eigenvalue weighted by Gasteiger charge is -2.31. The highest BCUT2D eigenvalue weighted by atomic mass is 32.2. The number of aromatic nitrogens is 2.